The Morgan fingerprint density at radius 2 is 0.865 bits per heavy atom. The first-order chi connectivity index (χ1) is 40.2. The Bertz CT molecular complexity index is 4190. The number of pyridine rings is 6. The van der Waals surface area contributed by atoms with Gasteiger partial charge in [-0.2, -0.15) is 0 Å². The molecule has 0 atom stereocenters. The molecule has 0 fully saturated rings. The van der Waals surface area contributed by atoms with Crippen LogP contribution in [0, 0.1) is 54.2 Å². The average Bonchev–Trinajstić information content (AvgIpc) is 1.57. The van der Waals surface area contributed by atoms with E-state index in [9.17, 15) is 0 Å². The van der Waals surface area contributed by atoms with Gasteiger partial charge in [0.2, 0.25) is 17.1 Å². The standard InChI is InChI=1S/C24H27N2.C23H25N2.C21H21N2/c1-15(2)10-18-12-23(26(5)14-17(18)4)24-16(3)6-7-21-20-8-9-25-13-19(20)11-22(21)24;1-14(2)20-11-22(25(5)13-16(20)4)23-15(3)6-7-19-18-8-9-24-12-17(18)10-21(19)23;1-13-5-6-18-17-7-8-22-11-16(17)10-19(18)21(13)20-9-14(2)15(3)12-23(20)4/h6-9,12-15H,10-11H2,1-5H3;6-9,11-14H,10H2,1-5H3;5-9,11-12H,10H2,1-4H3/q3*+1/i4D3,10D2;4D3,14D;3D3. The smallest absolute Gasteiger partial charge is 0.213 e. The summed E-state index contributed by atoms with van der Waals surface area (Å²) in [4.78, 5) is 12.8. The van der Waals surface area contributed by atoms with Crippen molar-refractivity contribution >= 4 is 0 Å². The van der Waals surface area contributed by atoms with Gasteiger partial charge in [0.1, 0.15) is 21.1 Å². The molecule has 0 bridgehead atoms. The molecule has 9 aromatic rings. The van der Waals surface area contributed by atoms with Crippen molar-refractivity contribution in [1.82, 2.24) is 15.0 Å². The molecule has 3 aromatic carbocycles. The summed E-state index contributed by atoms with van der Waals surface area (Å²) < 4.78 is 103. The van der Waals surface area contributed by atoms with Crippen LogP contribution in [0.25, 0.3) is 67.2 Å². The number of rotatable bonds is 6. The van der Waals surface area contributed by atoms with Gasteiger partial charge in [-0.3, -0.25) is 15.0 Å². The molecule has 6 nitrogen and oxygen atoms in total. The zero-order valence-corrected chi connectivity index (χ0v) is 44.5. The molecular formula is C68H73N6+3. The summed E-state index contributed by atoms with van der Waals surface area (Å²) >= 11 is 0. The van der Waals surface area contributed by atoms with E-state index >= 15 is 0 Å². The summed E-state index contributed by atoms with van der Waals surface area (Å²) in [7, 11) is 5.64. The molecule has 0 N–H and O–H groups in total. The normalized spacial score (nSPS) is 15.6. The number of aromatic nitrogens is 6. The predicted octanol–water partition coefficient (Wildman–Crippen LogP) is 13.9. The molecule has 12 rings (SSSR count). The van der Waals surface area contributed by atoms with E-state index < -0.39 is 32.8 Å². The zero-order chi connectivity index (χ0) is 62.5. The summed E-state index contributed by atoms with van der Waals surface area (Å²) in [6.07, 6.45) is 16.9. The van der Waals surface area contributed by atoms with E-state index in [-0.39, 0.29) is 22.6 Å². The van der Waals surface area contributed by atoms with Gasteiger partial charge in [0.15, 0.2) is 18.6 Å². The predicted molar refractivity (Wildman–Crippen MR) is 303 cm³/mol. The molecule has 3 aliphatic rings. The van der Waals surface area contributed by atoms with Crippen molar-refractivity contribution in [3.63, 3.8) is 0 Å². The summed E-state index contributed by atoms with van der Waals surface area (Å²) in [5, 5.41) is 0. The number of nitrogens with zero attached hydrogens (tertiary/aromatic N) is 6. The maximum atomic E-state index is 8.68. The lowest BCUT2D eigenvalue weighted by atomic mass is 9.91. The molecule has 3 aliphatic carbocycles. The van der Waals surface area contributed by atoms with Gasteiger partial charge in [0, 0.05) is 108 Å². The maximum Gasteiger partial charge on any atom is 0.213 e. The molecule has 0 saturated carbocycles. The molecule has 74 heavy (non-hydrogen) atoms. The lowest BCUT2D eigenvalue weighted by molar-refractivity contribution is -0.661. The van der Waals surface area contributed by atoms with Crippen LogP contribution in [0.3, 0.4) is 0 Å². The molecule has 0 saturated heterocycles. The summed E-state index contributed by atoms with van der Waals surface area (Å²) in [6, 6.07) is 24.6. The van der Waals surface area contributed by atoms with Crippen LogP contribution in [0.5, 0.6) is 0 Å². The molecule has 6 aromatic heterocycles. The quantitative estimate of drug-likeness (QED) is 0.156. The minimum absolute atomic E-state index is 0.0650. The van der Waals surface area contributed by atoms with E-state index in [2.05, 4.69) is 77.3 Å². The van der Waals surface area contributed by atoms with Crippen molar-refractivity contribution in [1.29, 1.82) is 0 Å². The highest BCUT2D eigenvalue weighted by molar-refractivity contribution is 5.87. The van der Waals surface area contributed by atoms with E-state index in [0.717, 1.165) is 69.7 Å². The van der Waals surface area contributed by atoms with Gasteiger partial charge in [-0.05, 0) is 185 Å². The Balaban J connectivity index is 0.000000144. The lowest BCUT2D eigenvalue weighted by Crippen LogP contribution is -2.32. The number of aryl methyl sites for hydroxylation is 10. The van der Waals surface area contributed by atoms with E-state index in [1.54, 1.807) is 58.5 Å². The number of hydrogen-bond donors (Lipinski definition) is 0. The fraction of sp³-hybridized carbons (Fsp3) is 0.294. The second-order valence-electron chi connectivity index (χ2n) is 20.8. The minimum Gasteiger partial charge on any atom is -0.264 e. The largest absolute Gasteiger partial charge is 0.264 e. The van der Waals surface area contributed by atoms with E-state index in [1.165, 1.54) is 72.3 Å². The molecule has 372 valence electrons. The van der Waals surface area contributed by atoms with Crippen molar-refractivity contribution in [3.05, 3.63) is 212 Å². The topological polar surface area (TPSA) is 50.3 Å². The average molecular weight is 986 g/mol. The second kappa shape index (κ2) is 20.1. The molecule has 0 unspecified atom stereocenters. The van der Waals surface area contributed by atoms with Gasteiger partial charge in [-0.15, -0.1) is 0 Å². The first-order valence-corrected chi connectivity index (χ1v) is 25.5. The van der Waals surface area contributed by atoms with Gasteiger partial charge in [0.25, 0.3) is 0 Å². The van der Waals surface area contributed by atoms with Gasteiger partial charge < -0.3 is 0 Å². The van der Waals surface area contributed by atoms with Crippen LogP contribution in [0.15, 0.2) is 129 Å². The number of benzene rings is 3. The molecule has 0 amide bonds. The van der Waals surface area contributed by atoms with Crippen molar-refractivity contribution in [2.24, 2.45) is 27.1 Å². The van der Waals surface area contributed by atoms with Crippen LogP contribution in [0.1, 0.15) is 133 Å². The maximum absolute atomic E-state index is 8.68. The van der Waals surface area contributed by atoms with Gasteiger partial charge in [-0.25, -0.2) is 13.7 Å². The summed E-state index contributed by atoms with van der Waals surface area (Å²) in [6.45, 7) is 8.41. The Morgan fingerprint density at radius 3 is 1.27 bits per heavy atom. The Morgan fingerprint density at radius 1 is 0.473 bits per heavy atom. The molecule has 0 aliphatic heterocycles. The summed E-state index contributed by atoms with van der Waals surface area (Å²) in [5.74, 6) is -1.39. The monoisotopic (exact) mass is 986 g/mol. The van der Waals surface area contributed by atoms with Crippen LogP contribution in [-0.4, -0.2) is 15.0 Å². The third-order valence-electron chi connectivity index (χ3n) is 15.0. The van der Waals surface area contributed by atoms with E-state index in [1.807, 2.05) is 97.9 Å². The number of hydrogen-bond acceptors (Lipinski definition) is 3. The Hall–Kier alpha value is -7.44. The van der Waals surface area contributed by atoms with Crippen molar-refractivity contribution < 1.29 is 30.2 Å². The van der Waals surface area contributed by atoms with Crippen molar-refractivity contribution in [2.45, 2.75) is 107 Å². The highest BCUT2D eigenvalue weighted by atomic mass is 14.9. The first kappa shape index (κ1) is 37.3. The first-order valence-electron chi connectivity index (χ1n) is 31.5. The Labute approximate surface area is 457 Å². The zero-order valence-electron chi connectivity index (χ0n) is 56.5. The number of fused-ring (bicyclic) bond motifs is 9. The molecule has 6 heteroatoms. The highest BCUT2D eigenvalue weighted by Crippen LogP contribution is 2.45. The molecule has 0 radical (unpaired) electrons. The van der Waals surface area contributed by atoms with Crippen LogP contribution in [0.4, 0.5) is 0 Å². The second-order valence-corrected chi connectivity index (χ2v) is 20.8. The van der Waals surface area contributed by atoms with Crippen LogP contribution in [0.2, 0.25) is 0 Å². The highest BCUT2D eigenvalue weighted by Gasteiger charge is 2.30. The van der Waals surface area contributed by atoms with Crippen LogP contribution >= 0.6 is 0 Å². The van der Waals surface area contributed by atoms with Crippen LogP contribution < -0.4 is 13.7 Å². The van der Waals surface area contributed by atoms with E-state index in [0.29, 0.717) is 11.1 Å². The molecule has 6 heterocycles. The molecular weight excluding hydrogens is 901 g/mol. The van der Waals surface area contributed by atoms with E-state index in [4.69, 9.17) is 16.4 Å². The third kappa shape index (κ3) is 9.18. The fourth-order valence-electron chi connectivity index (χ4n) is 11.4. The van der Waals surface area contributed by atoms with Crippen LogP contribution in [-0.2, 0) is 46.8 Å². The third-order valence-corrected chi connectivity index (χ3v) is 15.0. The van der Waals surface area contributed by atoms with Crippen molar-refractivity contribution in [3.8, 4) is 67.2 Å². The van der Waals surface area contributed by atoms with Gasteiger partial charge in [0.05, 0.1) is 16.7 Å². The Kier molecular flexibility index (Phi) is 10.1. The van der Waals surface area contributed by atoms with Gasteiger partial charge in [-0.1, -0.05) is 64.1 Å². The minimum atomic E-state index is -2.40. The SMILES string of the molecule is [2H]C([2H])([2H])c1c[n+](C)c(-c2c(C)ccc3c2Cc2cnccc2-3)cc1C.[2H]C([2H])([2H])c1c[n+](C)c(-c2c(C)ccc3c2Cc2cnccc2-3)cc1C([2H])(C)C.[2H]C([2H])([2H])c1c[n+](C)c(-c2c(C)ccc3c2Cc2cnccc2-3)cc1C([2H])([2H])C(C)C. The van der Waals surface area contributed by atoms with Gasteiger partial charge >= 0.3 is 0 Å². The van der Waals surface area contributed by atoms with Crippen molar-refractivity contribution in [2.75, 3.05) is 0 Å². The molecule has 0 spiro atoms. The summed E-state index contributed by atoms with van der Waals surface area (Å²) in [5.41, 5.74) is 26.4. The lowest BCUT2D eigenvalue weighted by Gasteiger charge is -2.14. The fourth-order valence-corrected chi connectivity index (χ4v) is 11.4.